The summed E-state index contributed by atoms with van der Waals surface area (Å²) in [5, 5.41) is 0. The zero-order valence-corrected chi connectivity index (χ0v) is 17.4. The van der Waals surface area contributed by atoms with E-state index in [1.807, 2.05) is 12.3 Å². The first-order valence-electron chi connectivity index (χ1n) is 11.0. The van der Waals surface area contributed by atoms with Gasteiger partial charge in [-0.25, -0.2) is 4.98 Å². The predicted molar refractivity (Wildman–Crippen MR) is 121 cm³/mol. The summed E-state index contributed by atoms with van der Waals surface area (Å²) in [5.41, 5.74) is 4.06. The van der Waals surface area contributed by atoms with Crippen LogP contribution in [0.4, 0.5) is 5.82 Å². The zero-order chi connectivity index (χ0) is 20.2. The summed E-state index contributed by atoms with van der Waals surface area (Å²) >= 11 is 0. The van der Waals surface area contributed by atoms with Crippen molar-refractivity contribution >= 4 is 5.82 Å². The molecule has 2 aliphatic heterocycles. The van der Waals surface area contributed by atoms with Gasteiger partial charge in [0.1, 0.15) is 5.82 Å². The summed E-state index contributed by atoms with van der Waals surface area (Å²) in [6, 6.07) is 25.9. The second-order valence-electron chi connectivity index (χ2n) is 8.36. The van der Waals surface area contributed by atoms with Crippen LogP contribution in [0.5, 0.6) is 0 Å². The first-order valence-corrected chi connectivity index (χ1v) is 11.0. The Hall–Kier alpha value is -2.69. The fourth-order valence-electron chi connectivity index (χ4n) is 4.96. The number of piperazine rings is 1. The summed E-state index contributed by atoms with van der Waals surface area (Å²) in [6.07, 6.45) is 2.95. The van der Waals surface area contributed by atoms with Crippen LogP contribution in [-0.2, 0) is 16.8 Å². The van der Waals surface area contributed by atoms with Gasteiger partial charge in [0.15, 0.2) is 0 Å². The number of hydrogen-bond acceptors (Lipinski definition) is 4. The van der Waals surface area contributed by atoms with Crippen molar-refractivity contribution in [2.24, 2.45) is 0 Å². The average molecular weight is 400 g/mol. The van der Waals surface area contributed by atoms with Crippen molar-refractivity contribution < 1.29 is 4.74 Å². The van der Waals surface area contributed by atoms with Gasteiger partial charge >= 0.3 is 0 Å². The molecular weight excluding hydrogens is 370 g/mol. The second kappa shape index (κ2) is 8.58. The molecule has 0 aliphatic carbocycles. The molecule has 3 heterocycles. The van der Waals surface area contributed by atoms with E-state index in [0.717, 1.165) is 51.6 Å². The molecule has 3 aromatic rings. The molecule has 1 aromatic heterocycles. The summed E-state index contributed by atoms with van der Waals surface area (Å²) in [4.78, 5) is 9.50. The molecule has 1 fully saturated rings. The van der Waals surface area contributed by atoms with Gasteiger partial charge in [0, 0.05) is 37.8 Å². The molecule has 30 heavy (non-hydrogen) atoms. The smallest absolute Gasteiger partial charge is 0.128 e. The molecule has 2 aromatic carbocycles. The van der Waals surface area contributed by atoms with Crippen molar-refractivity contribution in [1.29, 1.82) is 0 Å². The Kier molecular flexibility index (Phi) is 5.52. The van der Waals surface area contributed by atoms with Crippen LogP contribution in [0.2, 0.25) is 0 Å². The van der Waals surface area contributed by atoms with Crippen LogP contribution in [0, 0.1) is 0 Å². The van der Waals surface area contributed by atoms with Crippen molar-refractivity contribution in [3.05, 3.63) is 95.7 Å². The average Bonchev–Trinajstić information content (AvgIpc) is 2.84. The maximum absolute atomic E-state index is 6.15. The maximum atomic E-state index is 6.15. The van der Waals surface area contributed by atoms with Crippen LogP contribution >= 0.6 is 0 Å². The van der Waals surface area contributed by atoms with Crippen molar-refractivity contribution in [3.63, 3.8) is 0 Å². The van der Waals surface area contributed by atoms with Crippen molar-refractivity contribution in [3.8, 4) is 0 Å². The Morgan fingerprint density at radius 1 is 0.833 bits per heavy atom. The minimum atomic E-state index is -0.0752. The molecule has 1 saturated heterocycles. The van der Waals surface area contributed by atoms with Crippen LogP contribution in [-0.4, -0.2) is 49.2 Å². The van der Waals surface area contributed by atoms with Crippen LogP contribution in [0.3, 0.4) is 0 Å². The molecule has 4 heteroatoms. The van der Waals surface area contributed by atoms with Gasteiger partial charge < -0.3 is 9.64 Å². The fraction of sp³-hybridized carbons (Fsp3) is 0.346. The lowest BCUT2D eigenvalue weighted by atomic mass is 9.70. The predicted octanol–water partition coefficient (Wildman–Crippen LogP) is 4.11. The number of anilines is 1. The van der Waals surface area contributed by atoms with Gasteiger partial charge in [-0.1, -0.05) is 60.7 Å². The molecule has 0 spiro atoms. The molecule has 2 aliphatic rings. The van der Waals surface area contributed by atoms with E-state index in [-0.39, 0.29) is 5.41 Å². The number of aromatic nitrogens is 1. The van der Waals surface area contributed by atoms with E-state index < -0.39 is 0 Å². The van der Waals surface area contributed by atoms with Gasteiger partial charge in [0.25, 0.3) is 0 Å². The molecule has 0 amide bonds. The Bertz CT molecular complexity index is 954. The van der Waals surface area contributed by atoms with E-state index >= 15 is 0 Å². The third-order valence-corrected chi connectivity index (χ3v) is 6.67. The minimum Gasteiger partial charge on any atom is -0.375 e. The monoisotopic (exact) mass is 399 g/mol. The second-order valence-corrected chi connectivity index (χ2v) is 8.36. The summed E-state index contributed by atoms with van der Waals surface area (Å²) in [5.74, 6) is 1.09. The highest BCUT2D eigenvalue weighted by Gasteiger charge is 2.39. The standard InChI is InChI=1S/C26H29N3O/c1-2-9-23(10-3-1)26(21-30-20-22-8-4-5-11-24(22)26)13-15-28-16-18-29(19-17-28)25-12-6-7-14-27-25/h1-12,14H,13,15-21H2. The number of nitrogens with zero attached hydrogens (tertiary/aromatic N) is 3. The molecular formula is C26H29N3O. The summed E-state index contributed by atoms with van der Waals surface area (Å²) in [7, 11) is 0. The molecule has 1 unspecified atom stereocenters. The van der Waals surface area contributed by atoms with Gasteiger partial charge in [-0.3, -0.25) is 4.90 Å². The molecule has 0 radical (unpaired) electrons. The van der Waals surface area contributed by atoms with E-state index in [1.54, 1.807) is 0 Å². The van der Waals surface area contributed by atoms with Gasteiger partial charge in [0.05, 0.1) is 13.2 Å². The van der Waals surface area contributed by atoms with Crippen LogP contribution in [0.1, 0.15) is 23.1 Å². The Labute approximate surface area is 179 Å². The van der Waals surface area contributed by atoms with Crippen molar-refractivity contribution in [2.75, 3.05) is 44.2 Å². The van der Waals surface area contributed by atoms with E-state index in [1.165, 1.54) is 16.7 Å². The lowest BCUT2D eigenvalue weighted by Gasteiger charge is -2.42. The number of pyridine rings is 1. The normalized spacial score (nSPS) is 21.9. The molecule has 0 N–H and O–H groups in total. The van der Waals surface area contributed by atoms with Gasteiger partial charge in [-0.15, -0.1) is 0 Å². The zero-order valence-electron chi connectivity index (χ0n) is 17.4. The molecule has 5 rings (SSSR count). The first kappa shape index (κ1) is 19.3. The molecule has 1 atom stereocenters. The number of benzene rings is 2. The first-order chi connectivity index (χ1) is 14.9. The lowest BCUT2D eigenvalue weighted by molar-refractivity contribution is 0.0572. The highest BCUT2D eigenvalue weighted by molar-refractivity contribution is 5.45. The summed E-state index contributed by atoms with van der Waals surface area (Å²) in [6.45, 7) is 6.75. The largest absolute Gasteiger partial charge is 0.375 e. The number of rotatable bonds is 5. The lowest BCUT2D eigenvalue weighted by Crippen LogP contribution is -2.49. The highest BCUT2D eigenvalue weighted by Crippen LogP contribution is 2.41. The summed E-state index contributed by atoms with van der Waals surface area (Å²) < 4.78 is 6.15. The molecule has 0 bridgehead atoms. The SMILES string of the molecule is c1ccc(C2(CCN3CCN(c4ccccn4)CC3)COCc3ccccc32)cc1. The highest BCUT2D eigenvalue weighted by atomic mass is 16.5. The molecule has 4 nitrogen and oxygen atoms in total. The van der Waals surface area contributed by atoms with Crippen molar-refractivity contribution in [2.45, 2.75) is 18.4 Å². The third kappa shape index (κ3) is 3.73. The van der Waals surface area contributed by atoms with Crippen LogP contribution in [0.25, 0.3) is 0 Å². The number of hydrogen-bond donors (Lipinski definition) is 0. The fourth-order valence-corrected chi connectivity index (χ4v) is 4.96. The van der Waals surface area contributed by atoms with Gasteiger partial charge in [0.2, 0.25) is 0 Å². The maximum Gasteiger partial charge on any atom is 0.128 e. The Morgan fingerprint density at radius 3 is 2.40 bits per heavy atom. The molecule has 0 saturated carbocycles. The van der Waals surface area contributed by atoms with Gasteiger partial charge in [-0.2, -0.15) is 0 Å². The topological polar surface area (TPSA) is 28.6 Å². The van der Waals surface area contributed by atoms with Crippen LogP contribution < -0.4 is 4.90 Å². The van der Waals surface area contributed by atoms with E-state index in [9.17, 15) is 0 Å². The number of fused-ring (bicyclic) bond motifs is 1. The number of ether oxygens (including phenoxy) is 1. The van der Waals surface area contributed by atoms with Crippen LogP contribution in [0.15, 0.2) is 79.0 Å². The molecule has 154 valence electrons. The van der Waals surface area contributed by atoms with Crippen molar-refractivity contribution in [1.82, 2.24) is 9.88 Å². The Balaban J connectivity index is 1.33. The Morgan fingerprint density at radius 2 is 1.60 bits per heavy atom. The minimum absolute atomic E-state index is 0.0752. The van der Waals surface area contributed by atoms with Gasteiger partial charge in [-0.05, 0) is 41.8 Å². The third-order valence-electron chi connectivity index (χ3n) is 6.67. The van der Waals surface area contributed by atoms with E-state index in [0.29, 0.717) is 6.61 Å². The quantitative estimate of drug-likeness (QED) is 0.646. The van der Waals surface area contributed by atoms with E-state index in [4.69, 9.17) is 4.74 Å². The van der Waals surface area contributed by atoms with E-state index in [2.05, 4.69) is 81.5 Å².